The lowest BCUT2D eigenvalue weighted by Gasteiger charge is -2.20. The molecule has 5 nitrogen and oxygen atoms in total. The Bertz CT molecular complexity index is 1160. The van der Waals surface area contributed by atoms with E-state index in [1.54, 1.807) is 23.5 Å². The molecule has 0 spiro atoms. The first kappa shape index (κ1) is 19.5. The number of ether oxygens (including phenoxy) is 1. The number of aromatic nitrogens is 2. The average molecular weight is 426 g/mol. The summed E-state index contributed by atoms with van der Waals surface area (Å²) in [6.07, 6.45) is 0. The predicted molar refractivity (Wildman–Crippen MR) is 120 cm³/mol. The average Bonchev–Trinajstić information content (AvgIpc) is 3.03. The maximum Gasteiger partial charge on any atom is 0.225 e. The van der Waals surface area contributed by atoms with E-state index in [1.165, 1.54) is 0 Å². The van der Waals surface area contributed by atoms with Crippen LogP contribution in [0.3, 0.4) is 0 Å². The van der Waals surface area contributed by atoms with Crippen LogP contribution in [-0.2, 0) is 0 Å². The standard InChI is InChI=1S/C22H20ClN3O2S/c1-4-28-17-11-5-14(6-12-17)18-13(2)29-21-19(18)20(24-22(23)25-21)26(3)15-7-9-16(27)10-8-15/h5-12,27H,4H2,1-3H3. The van der Waals surface area contributed by atoms with Crippen molar-refractivity contribution in [3.8, 4) is 22.6 Å². The largest absolute Gasteiger partial charge is 0.508 e. The molecule has 4 rings (SSSR count). The summed E-state index contributed by atoms with van der Waals surface area (Å²) in [5.74, 6) is 1.78. The highest BCUT2D eigenvalue weighted by atomic mass is 35.5. The molecule has 0 aliphatic carbocycles. The summed E-state index contributed by atoms with van der Waals surface area (Å²) in [5.41, 5.74) is 3.05. The van der Waals surface area contributed by atoms with E-state index < -0.39 is 0 Å². The summed E-state index contributed by atoms with van der Waals surface area (Å²) < 4.78 is 5.57. The minimum Gasteiger partial charge on any atom is -0.508 e. The number of phenols is 1. The number of hydrogen-bond acceptors (Lipinski definition) is 6. The van der Waals surface area contributed by atoms with Crippen LogP contribution in [0.2, 0.25) is 5.28 Å². The van der Waals surface area contributed by atoms with E-state index in [0.717, 1.165) is 43.5 Å². The van der Waals surface area contributed by atoms with Crippen molar-refractivity contribution < 1.29 is 9.84 Å². The molecule has 7 heteroatoms. The molecule has 4 aromatic rings. The molecular formula is C22H20ClN3O2S. The number of benzene rings is 2. The Kier molecular flexibility index (Phi) is 5.30. The Morgan fingerprint density at radius 3 is 2.41 bits per heavy atom. The molecule has 0 aliphatic heterocycles. The van der Waals surface area contributed by atoms with Crippen molar-refractivity contribution in [2.45, 2.75) is 13.8 Å². The molecule has 0 saturated carbocycles. The number of nitrogens with zero attached hydrogens (tertiary/aromatic N) is 3. The minimum absolute atomic E-state index is 0.206. The zero-order valence-corrected chi connectivity index (χ0v) is 17.9. The molecule has 0 atom stereocenters. The second kappa shape index (κ2) is 7.89. The summed E-state index contributed by atoms with van der Waals surface area (Å²) in [6.45, 7) is 4.68. The fraction of sp³-hybridized carbons (Fsp3) is 0.182. The predicted octanol–water partition coefficient (Wildman–Crippen LogP) is 6.19. The highest BCUT2D eigenvalue weighted by Crippen LogP contribution is 2.43. The quantitative estimate of drug-likeness (QED) is 0.386. The monoisotopic (exact) mass is 425 g/mol. The van der Waals surface area contributed by atoms with Gasteiger partial charge in [-0.3, -0.25) is 0 Å². The Morgan fingerprint density at radius 2 is 1.76 bits per heavy atom. The Hall–Kier alpha value is -2.83. The third-order valence-electron chi connectivity index (χ3n) is 4.69. The van der Waals surface area contributed by atoms with E-state index in [2.05, 4.69) is 29.0 Å². The Labute approximate surface area is 178 Å². The zero-order valence-electron chi connectivity index (χ0n) is 16.3. The van der Waals surface area contributed by atoms with Gasteiger partial charge in [0.1, 0.15) is 22.1 Å². The number of thiophene rings is 1. The van der Waals surface area contributed by atoms with Crippen molar-refractivity contribution in [3.05, 3.63) is 58.7 Å². The first-order valence-corrected chi connectivity index (χ1v) is 10.4. The van der Waals surface area contributed by atoms with Crippen LogP contribution in [0.1, 0.15) is 11.8 Å². The summed E-state index contributed by atoms with van der Waals surface area (Å²) in [5, 5.41) is 10.8. The molecule has 0 aliphatic rings. The number of fused-ring (bicyclic) bond motifs is 1. The minimum atomic E-state index is 0.206. The molecular weight excluding hydrogens is 406 g/mol. The van der Waals surface area contributed by atoms with E-state index in [9.17, 15) is 5.11 Å². The highest BCUT2D eigenvalue weighted by molar-refractivity contribution is 7.19. The maximum absolute atomic E-state index is 9.61. The van der Waals surface area contributed by atoms with Gasteiger partial charge in [-0.25, -0.2) is 4.98 Å². The molecule has 0 saturated heterocycles. The molecule has 0 radical (unpaired) electrons. The van der Waals surface area contributed by atoms with Crippen molar-refractivity contribution in [2.24, 2.45) is 0 Å². The van der Waals surface area contributed by atoms with E-state index >= 15 is 0 Å². The Balaban J connectivity index is 1.90. The van der Waals surface area contributed by atoms with Gasteiger partial charge in [0, 0.05) is 23.2 Å². The number of anilines is 2. The van der Waals surface area contributed by atoms with E-state index in [-0.39, 0.29) is 11.0 Å². The van der Waals surface area contributed by atoms with E-state index in [0.29, 0.717) is 6.61 Å². The van der Waals surface area contributed by atoms with Gasteiger partial charge in [-0.2, -0.15) is 4.98 Å². The molecule has 0 fully saturated rings. The van der Waals surface area contributed by atoms with Crippen molar-refractivity contribution in [2.75, 3.05) is 18.6 Å². The van der Waals surface area contributed by atoms with E-state index in [1.807, 2.05) is 43.1 Å². The number of aromatic hydroxyl groups is 1. The summed E-state index contributed by atoms with van der Waals surface area (Å²) in [7, 11) is 1.93. The van der Waals surface area contributed by atoms with Crippen LogP contribution < -0.4 is 9.64 Å². The van der Waals surface area contributed by atoms with Gasteiger partial charge in [0.25, 0.3) is 0 Å². The molecule has 1 N–H and O–H groups in total. The van der Waals surface area contributed by atoms with Crippen LogP contribution in [0.25, 0.3) is 21.3 Å². The number of rotatable bonds is 5. The van der Waals surface area contributed by atoms with Crippen LogP contribution in [-0.4, -0.2) is 28.7 Å². The second-order valence-electron chi connectivity index (χ2n) is 6.56. The van der Waals surface area contributed by atoms with Crippen molar-refractivity contribution in [1.82, 2.24) is 9.97 Å². The van der Waals surface area contributed by atoms with Gasteiger partial charge in [0.15, 0.2) is 0 Å². The molecule has 0 bridgehead atoms. The van der Waals surface area contributed by atoms with E-state index in [4.69, 9.17) is 16.3 Å². The zero-order chi connectivity index (χ0) is 20.5. The third-order valence-corrected chi connectivity index (χ3v) is 5.86. The molecule has 148 valence electrons. The second-order valence-corrected chi connectivity index (χ2v) is 8.10. The molecule has 0 unspecified atom stereocenters. The van der Waals surface area contributed by atoms with Crippen LogP contribution in [0.15, 0.2) is 48.5 Å². The summed E-state index contributed by atoms with van der Waals surface area (Å²) in [4.78, 5) is 12.9. The number of phenolic OH excluding ortho intramolecular Hbond substituents is 1. The van der Waals surface area contributed by atoms with Crippen molar-refractivity contribution >= 4 is 44.7 Å². The topological polar surface area (TPSA) is 58.5 Å². The molecule has 0 amide bonds. The number of hydrogen-bond donors (Lipinski definition) is 1. The first-order chi connectivity index (χ1) is 14.0. The van der Waals surface area contributed by atoms with Gasteiger partial charge in [-0.1, -0.05) is 12.1 Å². The molecule has 2 aromatic heterocycles. The number of aryl methyl sites for hydroxylation is 1. The summed E-state index contributed by atoms with van der Waals surface area (Å²) >= 11 is 7.84. The van der Waals surface area contributed by atoms with Gasteiger partial charge in [0.05, 0.1) is 12.0 Å². The van der Waals surface area contributed by atoms with Gasteiger partial charge < -0.3 is 14.7 Å². The van der Waals surface area contributed by atoms with Crippen LogP contribution in [0.5, 0.6) is 11.5 Å². The summed E-state index contributed by atoms with van der Waals surface area (Å²) in [6, 6.07) is 15.0. The normalized spacial score (nSPS) is 11.0. The van der Waals surface area contributed by atoms with Gasteiger partial charge in [0.2, 0.25) is 5.28 Å². The number of halogens is 1. The first-order valence-electron chi connectivity index (χ1n) is 9.20. The highest BCUT2D eigenvalue weighted by Gasteiger charge is 2.21. The lowest BCUT2D eigenvalue weighted by Crippen LogP contribution is -2.12. The van der Waals surface area contributed by atoms with Gasteiger partial charge >= 0.3 is 0 Å². The fourth-order valence-corrected chi connectivity index (χ4v) is 4.60. The lowest BCUT2D eigenvalue weighted by molar-refractivity contribution is 0.340. The van der Waals surface area contributed by atoms with Gasteiger partial charge in [-0.05, 0) is 67.4 Å². The van der Waals surface area contributed by atoms with Crippen molar-refractivity contribution in [3.63, 3.8) is 0 Å². The molecule has 2 heterocycles. The van der Waals surface area contributed by atoms with Crippen LogP contribution >= 0.6 is 22.9 Å². The van der Waals surface area contributed by atoms with Gasteiger partial charge in [-0.15, -0.1) is 11.3 Å². The SMILES string of the molecule is CCOc1ccc(-c2c(C)sc3nc(Cl)nc(N(C)c4ccc(O)cc4)c23)cc1. The Morgan fingerprint density at radius 1 is 1.07 bits per heavy atom. The third kappa shape index (κ3) is 3.73. The van der Waals surface area contributed by atoms with Crippen LogP contribution in [0.4, 0.5) is 11.5 Å². The molecule has 2 aromatic carbocycles. The maximum atomic E-state index is 9.61. The lowest BCUT2D eigenvalue weighted by atomic mass is 10.0. The van der Waals surface area contributed by atoms with Crippen molar-refractivity contribution in [1.29, 1.82) is 0 Å². The molecule has 29 heavy (non-hydrogen) atoms. The fourth-order valence-electron chi connectivity index (χ4n) is 3.34. The smallest absolute Gasteiger partial charge is 0.225 e. The van der Waals surface area contributed by atoms with Crippen LogP contribution in [0, 0.1) is 6.92 Å².